The van der Waals surface area contributed by atoms with Crippen LogP contribution >= 0.6 is 11.6 Å². The molecule has 136 valence electrons. The van der Waals surface area contributed by atoms with Gasteiger partial charge in [0.25, 0.3) is 0 Å². The van der Waals surface area contributed by atoms with Gasteiger partial charge in [-0.3, -0.25) is 9.69 Å². The van der Waals surface area contributed by atoms with Gasteiger partial charge in [-0.05, 0) is 48.7 Å². The predicted molar refractivity (Wildman–Crippen MR) is 101 cm³/mol. The third kappa shape index (κ3) is 5.07. The van der Waals surface area contributed by atoms with Gasteiger partial charge in [0.15, 0.2) is 0 Å². The van der Waals surface area contributed by atoms with Crippen molar-refractivity contribution in [2.24, 2.45) is 0 Å². The number of nitrogens with one attached hydrogen (secondary N) is 1. The van der Waals surface area contributed by atoms with Crippen LogP contribution in [0.15, 0.2) is 48.5 Å². The van der Waals surface area contributed by atoms with Gasteiger partial charge in [0.05, 0.1) is 19.2 Å². The van der Waals surface area contributed by atoms with Crippen molar-refractivity contribution in [3.63, 3.8) is 0 Å². The lowest BCUT2D eigenvalue weighted by atomic mass is 10.2. The Hall–Kier alpha value is -2.37. The van der Waals surface area contributed by atoms with Crippen LogP contribution in [0.1, 0.15) is 28.8 Å². The summed E-state index contributed by atoms with van der Waals surface area (Å²) in [6.07, 6.45) is 2.22. The van der Waals surface area contributed by atoms with Crippen LogP contribution in [-0.4, -0.2) is 36.5 Å². The minimum Gasteiger partial charge on any atom is -0.465 e. The molecule has 0 radical (unpaired) electrons. The molecule has 0 spiro atoms. The number of anilines is 1. The van der Waals surface area contributed by atoms with Gasteiger partial charge in [0.2, 0.25) is 5.91 Å². The highest BCUT2D eigenvalue weighted by atomic mass is 35.5. The first-order valence-electron chi connectivity index (χ1n) is 8.52. The zero-order valence-corrected chi connectivity index (χ0v) is 15.3. The number of methoxy groups -OCH3 is 1. The van der Waals surface area contributed by atoms with E-state index in [9.17, 15) is 9.59 Å². The van der Waals surface area contributed by atoms with Gasteiger partial charge in [-0.25, -0.2) is 4.79 Å². The maximum atomic E-state index is 12.5. The summed E-state index contributed by atoms with van der Waals surface area (Å²) >= 11 is 5.93. The minimum atomic E-state index is -0.427. The zero-order valence-electron chi connectivity index (χ0n) is 14.6. The number of carbonyl (C=O) groups excluding carboxylic acids is 2. The van der Waals surface area contributed by atoms with Crippen molar-refractivity contribution in [3.8, 4) is 0 Å². The van der Waals surface area contributed by atoms with E-state index in [4.69, 9.17) is 16.3 Å². The van der Waals surface area contributed by atoms with Gasteiger partial charge < -0.3 is 10.1 Å². The number of carbonyl (C=O) groups is 2. The van der Waals surface area contributed by atoms with Crippen molar-refractivity contribution >= 4 is 29.2 Å². The van der Waals surface area contributed by atoms with Crippen molar-refractivity contribution in [2.75, 3.05) is 19.0 Å². The molecule has 6 heteroatoms. The standard InChI is InChI=1S/C20H21ClN2O3/c1-26-20(25)15-3-2-4-17(11-15)22-19(24)13-23(18-9-10-18)12-14-5-7-16(21)8-6-14/h2-8,11,18H,9-10,12-13H2,1H3,(H,22,24). The van der Waals surface area contributed by atoms with E-state index >= 15 is 0 Å². The van der Waals surface area contributed by atoms with E-state index in [1.54, 1.807) is 24.3 Å². The van der Waals surface area contributed by atoms with Crippen molar-refractivity contribution in [3.05, 3.63) is 64.7 Å². The van der Waals surface area contributed by atoms with Crippen molar-refractivity contribution in [1.29, 1.82) is 0 Å². The van der Waals surface area contributed by atoms with Gasteiger partial charge in [-0.15, -0.1) is 0 Å². The lowest BCUT2D eigenvalue weighted by Gasteiger charge is -2.21. The van der Waals surface area contributed by atoms with Crippen LogP contribution < -0.4 is 5.32 Å². The van der Waals surface area contributed by atoms with E-state index < -0.39 is 5.97 Å². The Kier molecular flexibility index (Phi) is 5.91. The summed E-state index contributed by atoms with van der Waals surface area (Å²) in [7, 11) is 1.33. The fourth-order valence-corrected chi connectivity index (χ4v) is 2.93. The smallest absolute Gasteiger partial charge is 0.337 e. The van der Waals surface area contributed by atoms with E-state index in [0.717, 1.165) is 18.4 Å². The Labute approximate surface area is 157 Å². The molecule has 0 atom stereocenters. The Morgan fingerprint density at radius 2 is 1.92 bits per heavy atom. The summed E-state index contributed by atoms with van der Waals surface area (Å²) in [6.45, 7) is 1.01. The third-order valence-corrected chi connectivity index (χ3v) is 4.53. The molecule has 2 aromatic rings. The number of benzene rings is 2. The highest BCUT2D eigenvalue weighted by Gasteiger charge is 2.30. The summed E-state index contributed by atoms with van der Waals surface area (Å²) < 4.78 is 4.71. The first-order valence-corrected chi connectivity index (χ1v) is 8.89. The number of hydrogen-bond donors (Lipinski definition) is 1. The average molecular weight is 373 g/mol. The number of ether oxygens (including phenoxy) is 1. The van der Waals surface area contributed by atoms with Crippen molar-refractivity contribution in [2.45, 2.75) is 25.4 Å². The molecule has 26 heavy (non-hydrogen) atoms. The second-order valence-electron chi connectivity index (χ2n) is 6.38. The van der Waals surface area contributed by atoms with E-state index in [2.05, 4.69) is 10.2 Å². The first-order chi connectivity index (χ1) is 12.5. The highest BCUT2D eigenvalue weighted by Crippen LogP contribution is 2.28. The number of amides is 1. The molecule has 0 aliphatic heterocycles. The number of halogens is 1. The van der Waals surface area contributed by atoms with Crippen LogP contribution in [0.3, 0.4) is 0 Å². The second kappa shape index (κ2) is 8.34. The zero-order chi connectivity index (χ0) is 18.5. The van der Waals surface area contributed by atoms with Crippen LogP contribution in [0.25, 0.3) is 0 Å². The lowest BCUT2D eigenvalue weighted by molar-refractivity contribution is -0.117. The monoisotopic (exact) mass is 372 g/mol. The summed E-state index contributed by atoms with van der Waals surface area (Å²) in [4.78, 5) is 26.2. The normalized spacial score (nSPS) is 13.5. The van der Waals surface area contributed by atoms with Crippen molar-refractivity contribution in [1.82, 2.24) is 4.90 Å². The molecule has 5 nitrogen and oxygen atoms in total. The topological polar surface area (TPSA) is 58.6 Å². The summed E-state index contributed by atoms with van der Waals surface area (Å²) in [5.41, 5.74) is 2.12. The maximum absolute atomic E-state index is 12.5. The van der Waals surface area contributed by atoms with Gasteiger partial charge in [0.1, 0.15) is 0 Å². The lowest BCUT2D eigenvalue weighted by Crippen LogP contribution is -2.34. The molecule has 0 heterocycles. The number of rotatable bonds is 7. The summed E-state index contributed by atoms with van der Waals surface area (Å²) in [5.74, 6) is -0.531. The number of esters is 1. The molecule has 0 aromatic heterocycles. The molecular weight excluding hydrogens is 352 g/mol. The molecule has 1 N–H and O–H groups in total. The molecule has 1 amide bonds. The largest absolute Gasteiger partial charge is 0.465 e. The number of nitrogens with zero attached hydrogens (tertiary/aromatic N) is 1. The SMILES string of the molecule is COC(=O)c1cccc(NC(=O)CN(Cc2ccc(Cl)cc2)C2CC2)c1. The predicted octanol–water partition coefficient (Wildman–Crippen LogP) is 3.73. The van der Waals surface area contributed by atoms with E-state index in [0.29, 0.717) is 35.4 Å². The van der Waals surface area contributed by atoms with Gasteiger partial charge in [-0.2, -0.15) is 0 Å². The average Bonchev–Trinajstić information content (AvgIpc) is 3.47. The fraction of sp³-hybridized carbons (Fsp3) is 0.300. The first kappa shape index (κ1) is 18.4. The molecule has 1 saturated carbocycles. The van der Waals surface area contributed by atoms with Crippen LogP contribution in [0.2, 0.25) is 5.02 Å². The van der Waals surface area contributed by atoms with Gasteiger partial charge >= 0.3 is 5.97 Å². The molecule has 3 rings (SSSR count). The molecule has 1 aliphatic carbocycles. The van der Waals surface area contributed by atoms with E-state index in [-0.39, 0.29) is 5.91 Å². The van der Waals surface area contributed by atoms with Crippen molar-refractivity contribution < 1.29 is 14.3 Å². The van der Waals surface area contributed by atoms with Crippen LogP contribution in [0.5, 0.6) is 0 Å². The maximum Gasteiger partial charge on any atom is 0.337 e. The number of hydrogen-bond acceptors (Lipinski definition) is 4. The second-order valence-corrected chi connectivity index (χ2v) is 6.82. The molecule has 0 unspecified atom stereocenters. The molecule has 2 aromatic carbocycles. The summed E-state index contributed by atoms with van der Waals surface area (Å²) in [6, 6.07) is 14.9. The molecule has 1 aliphatic rings. The Morgan fingerprint density at radius 3 is 2.58 bits per heavy atom. The highest BCUT2D eigenvalue weighted by molar-refractivity contribution is 6.30. The summed E-state index contributed by atoms with van der Waals surface area (Å²) in [5, 5.41) is 3.56. The van der Waals surface area contributed by atoms with Crippen LogP contribution in [0, 0.1) is 0 Å². The van der Waals surface area contributed by atoms with Gasteiger partial charge in [-0.1, -0.05) is 29.8 Å². The van der Waals surface area contributed by atoms with Crippen LogP contribution in [-0.2, 0) is 16.1 Å². The van der Waals surface area contributed by atoms with E-state index in [1.807, 2.05) is 24.3 Å². The Morgan fingerprint density at radius 1 is 1.19 bits per heavy atom. The molecule has 0 saturated heterocycles. The quantitative estimate of drug-likeness (QED) is 0.752. The molecule has 1 fully saturated rings. The minimum absolute atomic E-state index is 0.104. The van der Waals surface area contributed by atoms with Gasteiger partial charge in [0, 0.05) is 23.3 Å². The van der Waals surface area contributed by atoms with E-state index in [1.165, 1.54) is 7.11 Å². The van der Waals surface area contributed by atoms with Crippen LogP contribution in [0.4, 0.5) is 5.69 Å². The third-order valence-electron chi connectivity index (χ3n) is 4.28. The fourth-order valence-electron chi connectivity index (χ4n) is 2.80. The molecule has 0 bridgehead atoms. The Bertz CT molecular complexity index is 788. The Balaban J connectivity index is 1.61. The molecular formula is C20H21ClN2O3.